The van der Waals surface area contributed by atoms with Gasteiger partial charge in [-0.05, 0) is 63.0 Å². The highest BCUT2D eigenvalue weighted by Crippen LogP contribution is 2.23. The molecule has 132 valence electrons. The number of hydrogen-bond donors (Lipinski definition) is 2. The fraction of sp³-hybridized carbons (Fsp3) is 0.474. The molecule has 25 heavy (non-hydrogen) atoms. The predicted molar refractivity (Wildman–Crippen MR) is 95.0 cm³/mol. The van der Waals surface area contributed by atoms with E-state index in [1.165, 1.54) is 25.9 Å². The molecule has 2 aliphatic rings. The topological polar surface area (TPSA) is 76.6 Å². The molecular formula is C19H23N3O3. The molecule has 0 radical (unpaired) electrons. The second-order valence-electron chi connectivity index (χ2n) is 7.06. The third-order valence-electron chi connectivity index (χ3n) is 5.51. The number of nitrogens with one attached hydrogen (secondary N) is 1. The molecule has 2 aliphatic heterocycles. The monoisotopic (exact) mass is 341 g/mol. The van der Waals surface area contributed by atoms with Gasteiger partial charge in [-0.25, -0.2) is 4.79 Å². The lowest BCUT2D eigenvalue weighted by Crippen LogP contribution is -2.45. The highest BCUT2D eigenvalue weighted by molar-refractivity contribution is 6.00. The van der Waals surface area contributed by atoms with Crippen LogP contribution in [0.3, 0.4) is 0 Å². The number of rotatable bonds is 3. The molecule has 0 saturated carbocycles. The fourth-order valence-electron chi connectivity index (χ4n) is 4.10. The molecule has 2 aromatic rings. The quantitative estimate of drug-likeness (QED) is 0.899. The molecule has 0 atom stereocenters. The zero-order valence-electron chi connectivity index (χ0n) is 14.2. The maximum Gasteiger partial charge on any atom is 0.352 e. The summed E-state index contributed by atoms with van der Waals surface area (Å²) in [5, 5.41) is 9.83. The van der Waals surface area contributed by atoms with Gasteiger partial charge in [-0.1, -0.05) is 0 Å². The van der Waals surface area contributed by atoms with E-state index in [1.807, 2.05) is 4.90 Å². The van der Waals surface area contributed by atoms with Crippen LogP contribution in [0.4, 0.5) is 0 Å². The zero-order chi connectivity index (χ0) is 17.4. The number of benzene rings is 1. The average Bonchev–Trinajstić information content (AvgIpc) is 3.30. The van der Waals surface area contributed by atoms with Gasteiger partial charge in [-0.15, -0.1) is 0 Å². The molecule has 0 bridgehead atoms. The third-order valence-corrected chi connectivity index (χ3v) is 5.51. The first kappa shape index (κ1) is 16.1. The van der Waals surface area contributed by atoms with Crippen molar-refractivity contribution < 1.29 is 14.7 Å². The number of fused-ring (bicyclic) bond motifs is 1. The van der Waals surface area contributed by atoms with E-state index in [1.54, 1.807) is 24.3 Å². The van der Waals surface area contributed by atoms with Gasteiger partial charge in [-0.3, -0.25) is 4.79 Å². The number of carboxylic acids is 1. The Balaban J connectivity index is 1.45. The smallest absolute Gasteiger partial charge is 0.352 e. The highest BCUT2D eigenvalue weighted by Gasteiger charge is 2.28. The minimum atomic E-state index is -0.993. The van der Waals surface area contributed by atoms with E-state index in [0.29, 0.717) is 11.6 Å². The molecule has 2 N–H and O–H groups in total. The number of likely N-dealkylation sites (tertiary alicyclic amines) is 2. The summed E-state index contributed by atoms with van der Waals surface area (Å²) in [7, 11) is 0. The van der Waals surface area contributed by atoms with Crippen molar-refractivity contribution >= 4 is 22.8 Å². The minimum Gasteiger partial charge on any atom is -0.477 e. The van der Waals surface area contributed by atoms with Crippen molar-refractivity contribution in [1.82, 2.24) is 14.8 Å². The van der Waals surface area contributed by atoms with Crippen LogP contribution in [0.25, 0.3) is 10.9 Å². The van der Waals surface area contributed by atoms with Gasteiger partial charge in [-0.2, -0.15) is 0 Å². The van der Waals surface area contributed by atoms with Crippen LogP contribution in [0.2, 0.25) is 0 Å². The zero-order valence-corrected chi connectivity index (χ0v) is 14.2. The van der Waals surface area contributed by atoms with Gasteiger partial charge in [0.2, 0.25) is 0 Å². The number of hydrogen-bond acceptors (Lipinski definition) is 3. The van der Waals surface area contributed by atoms with Gasteiger partial charge in [0.15, 0.2) is 0 Å². The van der Waals surface area contributed by atoms with Crippen LogP contribution >= 0.6 is 0 Å². The molecule has 0 aliphatic carbocycles. The number of aromatic nitrogens is 1. The van der Waals surface area contributed by atoms with E-state index >= 15 is 0 Å². The Morgan fingerprint density at radius 3 is 2.44 bits per heavy atom. The molecule has 4 rings (SSSR count). The van der Waals surface area contributed by atoms with Crippen LogP contribution in [-0.4, -0.2) is 64.0 Å². The number of carbonyl (C=O) groups is 2. The van der Waals surface area contributed by atoms with E-state index in [2.05, 4.69) is 9.88 Å². The normalized spacial score (nSPS) is 19.6. The summed E-state index contributed by atoms with van der Waals surface area (Å²) in [4.78, 5) is 31.2. The summed E-state index contributed by atoms with van der Waals surface area (Å²) in [6.45, 7) is 4.00. The van der Waals surface area contributed by atoms with Gasteiger partial charge >= 0.3 is 5.97 Å². The van der Waals surface area contributed by atoms with Crippen LogP contribution < -0.4 is 0 Å². The Kier molecular flexibility index (Phi) is 4.21. The number of piperidine rings is 1. The average molecular weight is 341 g/mol. The standard InChI is InChI=1S/C19H23N3O3/c23-18(22-9-5-15(6-10-22)21-7-1-2-8-21)13-3-4-16-14(11-13)12-17(20-16)19(24)25/h3-4,11-12,15,20H,1-2,5-10H2,(H,24,25). The first-order chi connectivity index (χ1) is 12.1. The molecule has 0 spiro atoms. The van der Waals surface area contributed by atoms with Crippen LogP contribution in [0.5, 0.6) is 0 Å². The Labute approximate surface area is 146 Å². The van der Waals surface area contributed by atoms with Crippen LogP contribution in [0.15, 0.2) is 24.3 Å². The van der Waals surface area contributed by atoms with E-state index in [4.69, 9.17) is 5.11 Å². The Morgan fingerprint density at radius 2 is 1.76 bits per heavy atom. The number of aromatic amines is 1. The van der Waals surface area contributed by atoms with E-state index in [0.717, 1.165) is 36.8 Å². The van der Waals surface area contributed by atoms with Crippen molar-refractivity contribution in [3.63, 3.8) is 0 Å². The van der Waals surface area contributed by atoms with Gasteiger partial charge in [0.25, 0.3) is 5.91 Å². The predicted octanol–water partition coefficient (Wildman–Crippen LogP) is 2.57. The van der Waals surface area contributed by atoms with Crippen LogP contribution in [0.1, 0.15) is 46.5 Å². The van der Waals surface area contributed by atoms with Crippen molar-refractivity contribution in [3.8, 4) is 0 Å². The number of nitrogens with zero attached hydrogens (tertiary/aromatic N) is 2. The Bertz CT molecular complexity index is 799. The second kappa shape index (κ2) is 6.52. The summed E-state index contributed by atoms with van der Waals surface area (Å²) in [5.74, 6) is -0.951. The van der Waals surface area contributed by atoms with Gasteiger partial charge < -0.3 is 19.9 Å². The fourth-order valence-corrected chi connectivity index (χ4v) is 4.10. The highest BCUT2D eigenvalue weighted by atomic mass is 16.4. The van der Waals surface area contributed by atoms with Gasteiger partial charge in [0, 0.05) is 35.6 Å². The van der Waals surface area contributed by atoms with Crippen molar-refractivity contribution in [2.24, 2.45) is 0 Å². The number of carboxylic acid groups (broad SMARTS) is 1. The number of carbonyl (C=O) groups excluding carboxylic acids is 1. The van der Waals surface area contributed by atoms with E-state index < -0.39 is 5.97 Å². The second-order valence-corrected chi connectivity index (χ2v) is 7.06. The molecule has 6 heteroatoms. The number of aromatic carboxylic acids is 1. The maximum absolute atomic E-state index is 12.8. The van der Waals surface area contributed by atoms with Gasteiger partial charge in [0.05, 0.1) is 0 Å². The molecule has 6 nitrogen and oxygen atoms in total. The molecular weight excluding hydrogens is 318 g/mol. The molecule has 1 aromatic carbocycles. The first-order valence-electron chi connectivity index (χ1n) is 9.01. The largest absolute Gasteiger partial charge is 0.477 e. The van der Waals surface area contributed by atoms with Crippen LogP contribution in [0, 0.1) is 0 Å². The summed E-state index contributed by atoms with van der Waals surface area (Å²) in [6, 6.07) is 7.55. The van der Waals surface area contributed by atoms with Crippen LogP contribution in [-0.2, 0) is 0 Å². The van der Waals surface area contributed by atoms with Crippen molar-refractivity contribution in [2.75, 3.05) is 26.2 Å². The third kappa shape index (κ3) is 3.14. The SMILES string of the molecule is O=C(O)c1cc2cc(C(=O)N3CCC(N4CCCC4)CC3)ccc2[nH]1. The lowest BCUT2D eigenvalue weighted by atomic mass is 10.0. The number of H-pyrrole nitrogens is 1. The number of amides is 1. The molecule has 2 saturated heterocycles. The Hall–Kier alpha value is -2.34. The van der Waals surface area contributed by atoms with E-state index in [9.17, 15) is 9.59 Å². The summed E-state index contributed by atoms with van der Waals surface area (Å²) < 4.78 is 0. The van der Waals surface area contributed by atoms with Crippen molar-refractivity contribution in [3.05, 3.63) is 35.5 Å². The van der Waals surface area contributed by atoms with Gasteiger partial charge in [0.1, 0.15) is 5.69 Å². The van der Waals surface area contributed by atoms with Crippen molar-refractivity contribution in [2.45, 2.75) is 31.7 Å². The molecule has 1 amide bonds. The van der Waals surface area contributed by atoms with Crippen molar-refractivity contribution in [1.29, 1.82) is 0 Å². The summed E-state index contributed by atoms with van der Waals surface area (Å²) in [6.07, 6.45) is 4.69. The maximum atomic E-state index is 12.8. The Morgan fingerprint density at radius 1 is 1.04 bits per heavy atom. The van der Waals surface area contributed by atoms with E-state index in [-0.39, 0.29) is 11.6 Å². The lowest BCUT2D eigenvalue weighted by molar-refractivity contribution is 0.0643. The molecule has 0 unspecified atom stereocenters. The minimum absolute atomic E-state index is 0.0415. The lowest BCUT2D eigenvalue weighted by Gasteiger charge is -2.36. The first-order valence-corrected chi connectivity index (χ1v) is 9.01. The molecule has 3 heterocycles. The molecule has 1 aromatic heterocycles. The summed E-state index contributed by atoms with van der Waals surface area (Å²) >= 11 is 0. The molecule has 2 fully saturated rings. The summed E-state index contributed by atoms with van der Waals surface area (Å²) in [5.41, 5.74) is 1.51.